The smallest absolute Gasteiger partial charge is 0.342 e. The van der Waals surface area contributed by atoms with Gasteiger partial charge in [-0.05, 0) is 61.2 Å². The molecule has 1 fully saturated rings. The Labute approximate surface area is 194 Å². The lowest BCUT2D eigenvalue weighted by atomic mass is 9.99. The summed E-state index contributed by atoms with van der Waals surface area (Å²) in [7, 11) is 2.00. The van der Waals surface area contributed by atoms with Crippen molar-refractivity contribution in [1.29, 1.82) is 0 Å². The number of hydrogen-bond donors (Lipinski definition) is 0. The number of pyridine rings is 1. The average Bonchev–Trinajstić information content (AvgIpc) is 3.28. The second-order valence-corrected chi connectivity index (χ2v) is 8.78. The van der Waals surface area contributed by atoms with Gasteiger partial charge in [0.05, 0.1) is 6.10 Å². The molecule has 1 saturated heterocycles. The SMILES string of the molecule is CC(C)OC(=O)c1cccnc1N(C)[C@@H]1CCN(Cc2ccccc2-c2ccc(F)cc2)C1. The topological polar surface area (TPSA) is 45.7 Å². The molecule has 2 heterocycles. The molecule has 1 aliphatic rings. The van der Waals surface area contributed by atoms with Gasteiger partial charge in [0.2, 0.25) is 0 Å². The Morgan fingerprint density at radius 1 is 1.15 bits per heavy atom. The summed E-state index contributed by atoms with van der Waals surface area (Å²) in [6.07, 6.45) is 2.51. The number of hydrogen-bond acceptors (Lipinski definition) is 5. The van der Waals surface area contributed by atoms with Gasteiger partial charge in [-0.1, -0.05) is 36.4 Å². The first kappa shape index (κ1) is 22.9. The molecule has 33 heavy (non-hydrogen) atoms. The van der Waals surface area contributed by atoms with Gasteiger partial charge in [0.15, 0.2) is 0 Å². The standard InChI is InChI=1S/C27H30FN3O2/c1-19(2)33-27(32)25-9-6-15-29-26(25)30(3)23-14-16-31(18-23)17-21-7-4-5-8-24(21)20-10-12-22(28)13-11-20/h4-13,15,19,23H,14,16-18H2,1-3H3/t23-/m1/s1. The monoisotopic (exact) mass is 447 g/mol. The highest BCUT2D eigenvalue weighted by atomic mass is 19.1. The number of likely N-dealkylation sites (tertiary alicyclic amines) is 1. The van der Waals surface area contributed by atoms with E-state index in [1.807, 2.05) is 45.2 Å². The van der Waals surface area contributed by atoms with Gasteiger partial charge in [0.25, 0.3) is 0 Å². The van der Waals surface area contributed by atoms with Gasteiger partial charge in [-0.3, -0.25) is 4.90 Å². The molecule has 0 aliphatic carbocycles. The number of halogens is 1. The second-order valence-electron chi connectivity index (χ2n) is 8.78. The van der Waals surface area contributed by atoms with Crippen molar-refractivity contribution in [2.24, 2.45) is 0 Å². The van der Waals surface area contributed by atoms with E-state index < -0.39 is 0 Å². The minimum absolute atomic E-state index is 0.181. The predicted molar refractivity (Wildman–Crippen MR) is 129 cm³/mol. The number of carbonyl (C=O) groups excluding carboxylic acids is 1. The third-order valence-corrected chi connectivity index (χ3v) is 6.05. The van der Waals surface area contributed by atoms with Crippen LogP contribution in [0.5, 0.6) is 0 Å². The molecule has 0 amide bonds. The molecule has 1 atom stereocenters. The molecule has 4 rings (SSSR count). The lowest BCUT2D eigenvalue weighted by Crippen LogP contribution is -2.36. The number of benzene rings is 2. The fourth-order valence-corrected chi connectivity index (χ4v) is 4.37. The van der Waals surface area contributed by atoms with Crippen LogP contribution in [-0.4, -0.2) is 48.1 Å². The molecule has 0 spiro atoms. The maximum atomic E-state index is 13.4. The molecule has 0 radical (unpaired) electrons. The van der Waals surface area contributed by atoms with Crippen LogP contribution >= 0.6 is 0 Å². The van der Waals surface area contributed by atoms with Crippen molar-refractivity contribution >= 4 is 11.8 Å². The molecule has 5 nitrogen and oxygen atoms in total. The van der Waals surface area contributed by atoms with Crippen molar-refractivity contribution in [2.75, 3.05) is 25.0 Å². The van der Waals surface area contributed by atoms with E-state index in [0.29, 0.717) is 11.4 Å². The third kappa shape index (κ3) is 5.40. The Bertz CT molecular complexity index is 1100. The summed E-state index contributed by atoms with van der Waals surface area (Å²) in [6, 6.07) is 18.7. The van der Waals surface area contributed by atoms with Crippen LogP contribution in [-0.2, 0) is 11.3 Å². The first-order valence-corrected chi connectivity index (χ1v) is 11.4. The van der Waals surface area contributed by atoms with Gasteiger partial charge < -0.3 is 9.64 Å². The van der Waals surface area contributed by atoms with E-state index in [-0.39, 0.29) is 23.9 Å². The normalized spacial score (nSPS) is 16.2. The second kappa shape index (κ2) is 10.1. The minimum Gasteiger partial charge on any atom is -0.459 e. The first-order valence-electron chi connectivity index (χ1n) is 11.4. The van der Waals surface area contributed by atoms with Gasteiger partial charge in [-0.15, -0.1) is 0 Å². The maximum Gasteiger partial charge on any atom is 0.342 e. The summed E-state index contributed by atoms with van der Waals surface area (Å²) in [5.74, 6) is 0.0811. The number of likely N-dealkylation sites (N-methyl/N-ethyl adjacent to an activating group) is 1. The van der Waals surface area contributed by atoms with Crippen LogP contribution in [0.1, 0.15) is 36.2 Å². The van der Waals surface area contributed by atoms with Crippen molar-refractivity contribution in [3.8, 4) is 11.1 Å². The number of aromatic nitrogens is 1. The molecule has 2 aromatic carbocycles. The molecule has 0 N–H and O–H groups in total. The Morgan fingerprint density at radius 2 is 1.91 bits per heavy atom. The van der Waals surface area contributed by atoms with Crippen LogP contribution in [0.4, 0.5) is 10.2 Å². The molecule has 1 aliphatic heterocycles. The van der Waals surface area contributed by atoms with Gasteiger partial charge >= 0.3 is 5.97 Å². The zero-order chi connectivity index (χ0) is 23.4. The first-order chi connectivity index (χ1) is 15.9. The molecule has 0 unspecified atom stereocenters. The highest BCUT2D eigenvalue weighted by Crippen LogP contribution is 2.28. The van der Waals surface area contributed by atoms with Crippen LogP contribution < -0.4 is 4.90 Å². The molecule has 6 heteroatoms. The largest absolute Gasteiger partial charge is 0.459 e. The highest BCUT2D eigenvalue weighted by molar-refractivity contribution is 5.94. The quantitative estimate of drug-likeness (QED) is 0.468. The number of carbonyl (C=O) groups is 1. The Balaban J connectivity index is 1.47. The van der Waals surface area contributed by atoms with E-state index >= 15 is 0 Å². The zero-order valence-electron chi connectivity index (χ0n) is 19.4. The van der Waals surface area contributed by atoms with Crippen LogP contribution in [0.2, 0.25) is 0 Å². The summed E-state index contributed by atoms with van der Waals surface area (Å²) >= 11 is 0. The Hall–Kier alpha value is -3.25. The van der Waals surface area contributed by atoms with Crippen LogP contribution in [0.25, 0.3) is 11.1 Å². The van der Waals surface area contributed by atoms with Crippen LogP contribution in [0.15, 0.2) is 66.9 Å². The lowest BCUT2D eigenvalue weighted by molar-refractivity contribution is 0.0378. The molecular formula is C27H30FN3O2. The summed E-state index contributed by atoms with van der Waals surface area (Å²) in [4.78, 5) is 21.6. The van der Waals surface area contributed by atoms with Gasteiger partial charge in [-0.2, -0.15) is 0 Å². The van der Waals surface area contributed by atoms with Crippen LogP contribution in [0, 0.1) is 5.82 Å². The Morgan fingerprint density at radius 3 is 2.67 bits per heavy atom. The number of anilines is 1. The van der Waals surface area contributed by atoms with Gasteiger partial charge in [-0.25, -0.2) is 14.2 Å². The van der Waals surface area contributed by atoms with Crippen LogP contribution in [0.3, 0.4) is 0 Å². The van der Waals surface area contributed by atoms with E-state index in [2.05, 4.69) is 26.9 Å². The number of rotatable bonds is 7. The van der Waals surface area contributed by atoms with E-state index in [1.54, 1.807) is 18.3 Å². The lowest BCUT2D eigenvalue weighted by Gasteiger charge is -2.27. The van der Waals surface area contributed by atoms with E-state index in [4.69, 9.17) is 4.74 Å². The summed E-state index contributed by atoms with van der Waals surface area (Å²) < 4.78 is 18.8. The molecular weight excluding hydrogens is 417 g/mol. The van der Waals surface area contributed by atoms with Crippen molar-refractivity contribution in [3.05, 3.63) is 83.8 Å². The molecule has 0 saturated carbocycles. The summed E-state index contributed by atoms with van der Waals surface area (Å²) in [5, 5.41) is 0. The van der Waals surface area contributed by atoms with Gasteiger partial charge in [0.1, 0.15) is 17.2 Å². The highest BCUT2D eigenvalue weighted by Gasteiger charge is 2.29. The predicted octanol–water partition coefficient (Wildman–Crippen LogP) is 5.16. The minimum atomic E-state index is -0.344. The summed E-state index contributed by atoms with van der Waals surface area (Å²) in [5.41, 5.74) is 3.85. The average molecular weight is 448 g/mol. The maximum absolute atomic E-state index is 13.4. The third-order valence-electron chi connectivity index (χ3n) is 6.05. The Kier molecular flexibility index (Phi) is 7.04. The fraction of sp³-hybridized carbons (Fsp3) is 0.333. The van der Waals surface area contributed by atoms with E-state index in [0.717, 1.165) is 37.2 Å². The molecule has 1 aromatic heterocycles. The van der Waals surface area contributed by atoms with E-state index in [1.165, 1.54) is 17.7 Å². The van der Waals surface area contributed by atoms with Crippen molar-refractivity contribution in [3.63, 3.8) is 0 Å². The van der Waals surface area contributed by atoms with Gasteiger partial charge in [0, 0.05) is 38.9 Å². The molecule has 3 aromatic rings. The van der Waals surface area contributed by atoms with Crippen molar-refractivity contribution in [2.45, 2.75) is 39.0 Å². The van der Waals surface area contributed by atoms with Crippen molar-refractivity contribution < 1.29 is 13.9 Å². The number of nitrogens with zero attached hydrogens (tertiary/aromatic N) is 3. The summed E-state index contributed by atoms with van der Waals surface area (Å²) in [6.45, 7) is 6.31. The number of esters is 1. The molecule has 172 valence electrons. The zero-order valence-corrected chi connectivity index (χ0v) is 19.4. The fourth-order valence-electron chi connectivity index (χ4n) is 4.37. The molecule has 0 bridgehead atoms. The van der Waals surface area contributed by atoms with E-state index in [9.17, 15) is 9.18 Å². The number of ether oxygens (including phenoxy) is 1. The van der Waals surface area contributed by atoms with Crippen molar-refractivity contribution in [1.82, 2.24) is 9.88 Å².